The summed E-state index contributed by atoms with van der Waals surface area (Å²) in [5.74, 6) is 0.479. The van der Waals surface area contributed by atoms with Gasteiger partial charge < -0.3 is 15.1 Å². The van der Waals surface area contributed by atoms with Gasteiger partial charge in [0.05, 0.1) is 12.7 Å². The second-order valence-corrected chi connectivity index (χ2v) is 6.18. The molecule has 0 aromatic heterocycles. The van der Waals surface area contributed by atoms with Crippen LogP contribution in [0.1, 0.15) is 38.5 Å². The highest BCUT2D eigenvalue weighted by Gasteiger charge is 2.24. The summed E-state index contributed by atoms with van der Waals surface area (Å²) in [5.41, 5.74) is 0. The molecule has 4 nitrogen and oxygen atoms in total. The monoisotopic (exact) mass is 270 g/mol. The average Bonchev–Trinajstić information content (AvgIpc) is 2.73. The quantitative estimate of drug-likeness (QED) is 0.746. The van der Waals surface area contributed by atoms with Crippen LogP contribution >= 0.6 is 0 Å². The minimum atomic E-state index is -0.0840. The Morgan fingerprint density at radius 3 is 2.42 bits per heavy atom. The van der Waals surface area contributed by atoms with Gasteiger partial charge in [-0.15, -0.1) is 0 Å². The van der Waals surface area contributed by atoms with Crippen molar-refractivity contribution < 1.29 is 10.2 Å². The highest BCUT2D eigenvalue weighted by atomic mass is 16.3. The molecule has 0 bridgehead atoms. The Hall–Kier alpha value is -0.160. The lowest BCUT2D eigenvalue weighted by Gasteiger charge is -2.28. The van der Waals surface area contributed by atoms with E-state index in [-0.39, 0.29) is 12.7 Å². The first-order chi connectivity index (χ1) is 9.29. The molecule has 0 aromatic rings. The van der Waals surface area contributed by atoms with Crippen molar-refractivity contribution in [2.75, 3.05) is 45.9 Å². The van der Waals surface area contributed by atoms with Gasteiger partial charge in [0.15, 0.2) is 0 Å². The lowest BCUT2D eigenvalue weighted by atomic mass is 9.96. The second kappa shape index (κ2) is 8.20. The van der Waals surface area contributed by atoms with Crippen molar-refractivity contribution in [3.63, 3.8) is 0 Å². The van der Waals surface area contributed by atoms with E-state index >= 15 is 0 Å². The van der Waals surface area contributed by atoms with E-state index in [4.69, 9.17) is 5.11 Å². The van der Waals surface area contributed by atoms with Gasteiger partial charge in [0.1, 0.15) is 0 Å². The average molecular weight is 270 g/mol. The molecule has 2 aliphatic rings. The van der Waals surface area contributed by atoms with Crippen LogP contribution in [0.2, 0.25) is 0 Å². The van der Waals surface area contributed by atoms with Gasteiger partial charge >= 0.3 is 0 Å². The van der Waals surface area contributed by atoms with E-state index in [0.29, 0.717) is 5.92 Å². The number of rotatable bonds is 4. The standard InChI is InChI=1S/C15H30N2O2/c18-12-11-16-7-4-8-17(10-9-16)13-14-5-2-1-3-6-15(14)19/h14-15,18-19H,1-13H2. The summed E-state index contributed by atoms with van der Waals surface area (Å²) in [5, 5.41) is 19.2. The second-order valence-electron chi connectivity index (χ2n) is 6.18. The van der Waals surface area contributed by atoms with Crippen LogP contribution < -0.4 is 0 Å². The van der Waals surface area contributed by atoms with Crippen LogP contribution in [0.4, 0.5) is 0 Å². The molecule has 2 unspecified atom stereocenters. The lowest BCUT2D eigenvalue weighted by molar-refractivity contribution is 0.0740. The highest BCUT2D eigenvalue weighted by Crippen LogP contribution is 2.24. The van der Waals surface area contributed by atoms with Gasteiger partial charge in [-0.1, -0.05) is 19.3 Å². The van der Waals surface area contributed by atoms with E-state index < -0.39 is 0 Å². The van der Waals surface area contributed by atoms with Crippen LogP contribution in [0, 0.1) is 5.92 Å². The van der Waals surface area contributed by atoms with E-state index in [1.807, 2.05) is 0 Å². The molecule has 1 aliphatic carbocycles. The molecule has 1 saturated heterocycles. The van der Waals surface area contributed by atoms with E-state index in [1.54, 1.807) is 0 Å². The van der Waals surface area contributed by atoms with Crippen molar-refractivity contribution in [3.8, 4) is 0 Å². The summed E-state index contributed by atoms with van der Waals surface area (Å²) in [6, 6.07) is 0. The summed E-state index contributed by atoms with van der Waals surface area (Å²) in [6.07, 6.45) is 7.06. The van der Waals surface area contributed by atoms with Crippen molar-refractivity contribution in [2.45, 2.75) is 44.6 Å². The van der Waals surface area contributed by atoms with Gasteiger partial charge in [0.2, 0.25) is 0 Å². The molecule has 0 radical (unpaired) electrons. The number of hydrogen-bond donors (Lipinski definition) is 2. The fourth-order valence-corrected chi connectivity index (χ4v) is 3.48. The summed E-state index contributed by atoms with van der Waals surface area (Å²) in [4.78, 5) is 4.88. The Labute approximate surface area is 117 Å². The van der Waals surface area contributed by atoms with Crippen molar-refractivity contribution in [3.05, 3.63) is 0 Å². The number of hydrogen-bond acceptors (Lipinski definition) is 4. The molecule has 112 valence electrons. The molecule has 1 heterocycles. The molecular formula is C15H30N2O2. The first kappa shape index (κ1) is 15.2. The maximum Gasteiger partial charge on any atom is 0.0580 e. The Morgan fingerprint density at radius 1 is 0.842 bits per heavy atom. The Bertz CT molecular complexity index is 250. The molecule has 0 amide bonds. The van der Waals surface area contributed by atoms with Gasteiger partial charge in [0.25, 0.3) is 0 Å². The van der Waals surface area contributed by atoms with Gasteiger partial charge in [-0.3, -0.25) is 4.90 Å². The number of aliphatic hydroxyl groups excluding tert-OH is 2. The predicted octanol–water partition coefficient (Wildman–Crippen LogP) is 0.928. The third-order valence-electron chi connectivity index (χ3n) is 4.71. The van der Waals surface area contributed by atoms with E-state index in [0.717, 1.165) is 45.7 Å². The third-order valence-corrected chi connectivity index (χ3v) is 4.71. The summed E-state index contributed by atoms with van der Waals surface area (Å²) >= 11 is 0. The smallest absolute Gasteiger partial charge is 0.0580 e. The van der Waals surface area contributed by atoms with Crippen LogP contribution in [0.3, 0.4) is 0 Å². The topological polar surface area (TPSA) is 46.9 Å². The molecule has 2 rings (SSSR count). The van der Waals surface area contributed by atoms with E-state index in [9.17, 15) is 5.11 Å². The van der Waals surface area contributed by atoms with Crippen LogP contribution in [0.25, 0.3) is 0 Å². The Kier molecular flexibility index (Phi) is 6.57. The molecule has 2 N–H and O–H groups in total. The predicted molar refractivity (Wildman–Crippen MR) is 77.2 cm³/mol. The van der Waals surface area contributed by atoms with Gasteiger partial charge in [-0.2, -0.15) is 0 Å². The minimum Gasteiger partial charge on any atom is -0.395 e. The summed E-state index contributed by atoms with van der Waals surface area (Å²) in [6.45, 7) is 6.53. The molecule has 1 aliphatic heterocycles. The van der Waals surface area contributed by atoms with Crippen LogP contribution in [0.15, 0.2) is 0 Å². The molecule has 4 heteroatoms. The largest absolute Gasteiger partial charge is 0.395 e. The van der Waals surface area contributed by atoms with Gasteiger partial charge in [-0.25, -0.2) is 0 Å². The molecule has 0 spiro atoms. The molecule has 1 saturated carbocycles. The van der Waals surface area contributed by atoms with E-state index in [1.165, 1.54) is 32.1 Å². The molecule has 2 fully saturated rings. The Balaban J connectivity index is 1.78. The third kappa shape index (κ3) is 5.03. The molecular weight excluding hydrogens is 240 g/mol. The van der Waals surface area contributed by atoms with Crippen LogP contribution in [-0.4, -0.2) is 72.0 Å². The van der Waals surface area contributed by atoms with Gasteiger partial charge in [0, 0.05) is 26.2 Å². The van der Waals surface area contributed by atoms with Crippen molar-refractivity contribution in [1.29, 1.82) is 0 Å². The fourth-order valence-electron chi connectivity index (χ4n) is 3.48. The zero-order chi connectivity index (χ0) is 13.5. The number of β-amino-alcohol motifs (C(OH)–C–C–N with tert-alkyl or cyclic N) is 1. The molecule has 2 atom stereocenters. The Morgan fingerprint density at radius 2 is 1.58 bits per heavy atom. The molecule has 0 aromatic carbocycles. The van der Waals surface area contributed by atoms with Crippen LogP contribution in [0.5, 0.6) is 0 Å². The normalized spacial score (nSPS) is 31.9. The minimum absolute atomic E-state index is 0.0840. The van der Waals surface area contributed by atoms with Gasteiger partial charge in [-0.05, 0) is 38.3 Å². The number of aliphatic hydroxyl groups is 2. The van der Waals surface area contributed by atoms with Crippen LogP contribution in [-0.2, 0) is 0 Å². The SMILES string of the molecule is OCCN1CCCN(CC2CCCCCC2O)CC1. The highest BCUT2D eigenvalue weighted by molar-refractivity contribution is 4.78. The maximum absolute atomic E-state index is 10.2. The summed E-state index contributed by atoms with van der Waals surface area (Å²) < 4.78 is 0. The lowest BCUT2D eigenvalue weighted by Crippen LogP contribution is -2.37. The van der Waals surface area contributed by atoms with Crippen molar-refractivity contribution >= 4 is 0 Å². The van der Waals surface area contributed by atoms with Crippen molar-refractivity contribution in [2.24, 2.45) is 5.92 Å². The first-order valence-electron chi connectivity index (χ1n) is 8.03. The van der Waals surface area contributed by atoms with Crippen molar-refractivity contribution in [1.82, 2.24) is 9.80 Å². The first-order valence-corrected chi connectivity index (χ1v) is 8.03. The maximum atomic E-state index is 10.2. The van der Waals surface area contributed by atoms with E-state index in [2.05, 4.69) is 9.80 Å². The zero-order valence-corrected chi connectivity index (χ0v) is 12.1. The summed E-state index contributed by atoms with van der Waals surface area (Å²) in [7, 11) is 0. The fraction of sp³-hybridized carbons (Fsp3) is 1.00. The molecule has 19 heavy (non-hydrogen) atoms. The number of nitrogens with zero attached hydrogens (tertiary/aromatic N) is 2. The zero-order valence-electron chi connectivity index (χ0n) is 12.1.